The smallest absolute Gasteiger partial charge is 0.00156 e. The summed E-state index contributed by atoms with van der Waals surface area (Å²) in [4.78, 5) is 2.40. The van der Waals surface area contributed by atoms with Crippen LogP contribution in [-0.4, -0.2) is 25.0 Å². The van der Waals surface area contributed by atoms with Gasteiger partial charge in [0.2, 0.25) is 0 Å². The average molecular weight is 169 g/mol. The fourth-order valence-electron chi connectivity index (χ4n) is 1.26. The van der Waals surface area contributed by atoms with Gasteiger partial charge in [-0.1, -0.05) is 25.0 Å². The molecule has 1 aliphatic rings. The van der Waals surface area contributed by atoms with Gasteiger partial charge in [0.15, 0.2) is 0 Å². The predicted molar refractivity (Wildman–Crippen MR) is 56.5 cm³/mol. The molecular formula is C11H23N. The van der Waals surface area contributed by atoms with Crippen LogP contribution in [0.5, 0.6) is 0 Å². The molecule has 0 amide bonds. The highest BCUT2D eigenvalue weighted by molar-refractivity contribution is 5.11. The zero-order chi connectivity index (χ0) is 9.56. The molecule has 1 heterocycles. The highest BCUT2D eigenvalue weighted by Gasteiger charge is 2.06. The van der Waals surface area contributed by atoms with Gasteiger partial charge in [0, 0.05) is 13.1 Å². The Kier molecular flexibility index (Phi) is 6.09. The molecular weight excluding hydrogens is 146 g/mol. The molecule has 1 nitrogen and oxygen atoms in total. The Morgan fingerprint density at radius 3 is 1.58 bits per heavy atom. The van der Waals surface area contributed by atoms with Gasteiger partial charge >= 0.3 is 0 Å². The van der Waals surface area contributed by atoms with Crippen LogP contribution in [0, 0.1) is 0 Å². The molecule has 1 heteroatoms. The van der Waals surface area contributed by atoms with Gasteiger partial charge in [-0.2, -0.15) is 0 Å². The van der Waals surface area contributed by atoms with Gasteiger partial charge in [0.25, 0.3) is 0 Å². The van der Waals surface area contributed by atoms with Crippen molar-refractivity contribution in [3.8, 4) is 0 Å². The average Bonchev–Trinajstić information content (AvgIpc) is 2.24. The number of nitrogens with zero attached hydrogens (tertiary/aromatic N) is 1. The Morgan fingerprint density at radius 1 is 0.917 bits per heavy atom. The first kappa shape index (κ1) is 11.7. The van der Waals surface area contributed by atoms with Crippen molar-refractivity contribution in [3.63, 3.8) is 0 Å². The fraction of sp³-hybridized carbons (Fsp3) is 0.818. The minimum absolute atomic E-state index is 1.24. The van der Waals surface area contributed by atoms with Crippen molar-refractivity contribution >= 4 is 0 Å². The maximum atomic E-state index is 2.40. The zero-order valence-corrected chi connectivity index (χ0v) is 9.28. The number of hydrogen-bond donors (Lipinski definition) is 0. The highest BCUT2D eigenvalue weighted by Crippen LogP contribution is 2.15. The van der Waals surface area contributed by atoms with Crippen LogP contribution < -0.4 is 0 Å². The standard InChI is InChI=1S/C9H17N.C2H6/c1-8-4-6-10(3)7-5-9(8)2;1-2/h4-7H2,1-3H3;1-2H3. The predicted octanol–water partition coefficient (Wildman–Crippen LogP) is 3.07. The Labute approximate surface area is 77.5 Å². The minimum atomic E-state index is 1.24. The summed E-state index contributed by atoms with van der Waals surface area (Å²) in [5, 5.41) is 0. The largest absolute Gasteiger partial charge is 0.306 e. The Hall–Kier alpha value is -0.300. The van der Waals surface area contributed by atoms with E-state index in [4.69, 9.17) is 0 Å². The molecule has 0 bridgehead atoms. The fourth-order valence-corrected chi connectivity index (χ4v) is 1.26. The molecule has 0 aromatic heterocycles. The van der Waals surface area contributed by atoms with Crippen molar-refractivity contribution in [3.05, 3.63) is 11.1 Å². The van der Waals surface area contributed by atoms with E-state index in [0.717, 1.165) is 0 Å². The number of hydrogen-bond acceptors (Lipinski definition) is 1. The second kappa shape index (κ2) is 6.24. The van der Waals surface area contributed by atoms with Crippen molar-refractivity contribution in [2.24, 2.45) is 0 Å². The summed E-state index contributed by atoms with van der Waals surface area (Å²) in [6.45, 7) is 11.0. The van der Waals surface area contributed by atoms with Crippen LogP contribution in [0.3, 0.4) is 0 Å². The summed E-state index contributed by atoms with van der Waals surface area (Å²) in [6.07, 6.45) is 2.53. The minimum Gasteiger partial charge on any atom is -0.306 e. The molecule has 0 radical (unpaired) electrons. The van der Waals surface area contributed by atoms with Gasteiger partial charge in [-0.25, -0.2) is 0 Å². The van der Waals surface area contributed by atoms with E-state index < -0.39 is 0 Å². The van der Waals surface area contributed by atoms with Crippen molar-refractivity contribution in [1.29, 1.82) is 0 Å². The second-order valence-corrected chi connectivity index (χ2v) is 3.36. The van der Waals surface area contributed by atoms with Crippen LogP contribution in [0.4, 0.5) is 0 Å². The lowest BCUT2D eigenvalue weighted by Gasteiger charge is -2.11. The normalized spacial score (nSPS) is 19.8. The molecule has 0 aromatic carbocycles. The molecule has 0 spiro atoms. The van der Waals surface area contributed by atoms with Crippen molar-refractivity contribution in [1.82, 2.24) is 4.90 Å². The molecule has 0 unspecified atom stereocenters. The first-order valence-corrected chi connectivity index (χ1v) is 5.04. The number of rotatable bonds is 0. The van der Waals surface area contributed by atoms with Crippen LogP contribution in [0.25, 0.3) is 0 Å². The summed E-state index contributed by atoms with van der Waals surface area (Å²) in [5.74, 6) is 0. The van der Waals surface area contributed by atoms with E-state index in [2.05, 4.69) is 25.8 Å². The first-order valence-electron chi connectivity index (χ1n) is 5.04. The third-order valence-electron chi connectivity index (χ3n) is 2.47. The van der Waals surface area contributed by atoms with Gasteiger partial charge in [-0.05, 0) is 33.7 Å². The summed E-state index contributed by atoms with van der Waals surface area (Å²) >= 11 is 0. The van der Waals surface area contributed by atoms with Crippen molar-refractivity contribution in [2.45, 2.75) is 40.5 Å². The van der Waals surface area contributed by atoms with Gasteiger partial charge < -0.3 is 4.90 Å². The third kappa shape index (κ3) is 3.91. The van der Waals surface area contributed by atoms with Gasteiger partial charge in [-0.15, -0.1) is 0 Å². The zero-order valence-electron chi connectivity index (χ0n) is 9.28. The van der Waals surface area contributed by atoms with Crippen LogP contribution in [0.2, 0.25) is 0 Å². The van der Waals surface area contributed by atoms with Gasteiger partial charge in [0.1, 0.15) is 0 Å². The van der Waals surface area contributed by atoms with E-state index >= 15 is 0 Å². The maximum Gasteiger partial charge on any atom is 0.00156 e. The first-order chi connectivity index (χ1) is 5.70. The second-order valence-electron chi connectivity index (χ2n) is 3.36. The molecule has 72 valence electrons. The lowest BCUT2D eigenvalue weighted by molar-refractivity contribution is 0.351. The van der Waals surface area contributed by atoms with Crippen molar-refractivity contribution in [2.75, 3.05) is 20.1 Å². The molecule has 0 aliphatic carbocycles. The van der Waals surface area contributed by atoms with Crippen LogP contribution >= 0.6 is 0 Å². The monoisotopic (exact) mass is 169 g/mol. The molecule has 0 N–H and O–H groups in total. The molecule has 1 rings (SSSR count). The summed E-state index contributed by atoms with van der Waals surface area (Å²) in [5.41, 5.74) is 3.20. The Morgan fingerprint density at radius 2 is 1.25 bits per heavy atom. The van der Waals surface area contributed by atoms with Crippen LogP contribution in [0.1, 0.15) is 40.5 Å². The van der Waals surface area contributed by atoms with E-state index in [-0.39, 0.29) is 0 Å². The maximum absolute atomic E-state index is 2.40. The van der Waals surface area contributed by atoms with Crippen molar-refractivity contribution < 1.29 is 0 Å². The molecule has 1 aliphatic heterocycles. The highest BCUT2D eigenvalue weighted by atomic mass is 15.1. The molecule has 0 saturated carbocycles. The molecule has 0 saturated heterocycles. The van der Waals surface area contributed by atoms with Gasteiger partial charge in [0.05, 0.1) is 0 Å². The summed E-state index contributed by atoms with van der Waals surface area (Å²) in [7, 11) is 2.20. The molecule has 0 atom stereocenters. The lowest BCUT2D eigenvalue weighted by Crippen LogP contribution is -2.18. The van der Waals surface area contributed by atoms with E-state index in [1.165, 1.54) is 25.9 Å². The Bertz CT molecular complexity index is 131. The van der Waals surface area contributed by atoms with E-state index in [9.17, 15) is 0 Å². The SMILES string of the molecule is CC.CC1=C(C)CCN(C)CC1. The van der Waals surface area contributed by atoms with E-state index in [1.807, 2.05) is 13.8 Å². The topological polar surface area (TPSA) is 3.24 Å². The third-order valence-corrected chi connectivity index (χ3v) is 2.47. The quantitative estimate of drug-likeness (QED) is 0.504. The molecule has 0 aromatic rings. The van der Waals surface area contributed by atoms with Crippen LogP contribution in [0.15, 0.2) is 11.1 Å². The Balaban J connectivity index is 0.000000561. The van der Waals surface area contributed by atoms with Gasteiger partial charge in [-0.3, -0.25) is 0 Å². The molecule has 0 fully saturated rings. The van der Waals surface area contributed by atoms with Crippen LogP contribution in [-0.2, 0) is 0 Å². The van der Waals surface area contributed by atoms with E-state index in [1.54, 1.807) is 11.1 Å². The summed E-state index contributed by atoms with van der Waals surface area (Å²) in [6, 6.07) is 0. The van der Waals surface area contributed by atoms with E-state index in [0.29, 0.717) is 0 Å². The lowest BCUT2D eigenvalue weighted by atomic mass is 10.1. The summed E-state index contributed by atoms with van der Waals surface area (Å²) < 4.78 is 0. The molecule has 12 heavy (non-hydrogen) atoms.